The summed E-state index contributed by atoms with van der Waals surface area (Å²) < 4.78 is 0. The molecule has 1 aromatic rings. The van der Waals surface area contributed by atoms with Crippen LogP contribution in [0, 0.1) is 10.1 Å². The molecule has 15 heavy (non-hydrogen) atoms. The second-order valence-corrected chi connectivity index (χ2v) is 3.35. The molecule has 1 aromatic carbocycles. The Hall–Kier alpha value is -1.82. The predicted octanol–water partition coefficient (Wildman–Crippen LogP) is 1.66. The van der Waals surface area contributed by atoms with E-state index in [-0.39, 0.29) is 10.6 Å². The zero-order chi connectivity index (χ0) is 10.8. The fourth-order valence-corrected chi connectivity index (χ4v) is 1.55. The zero-order valence-corrected chi connectivity index (χ0v) is 8.36. The molecule has 0 saturated carbocycles. The van der Waals surface area contributed by atoms with E-state index < -0.39 is 0 Å². The molecular formula is C9H12N4O2. The third-order valence-corrected chi connectivity index (χ3v) is 2.26. The molecule has 1 aliphatic heterocycles. The van der Waals surface area contributed by atoms with E-state index in [1.54, 1.807) is 12.1 Å². The van der Waals surface area contributed by atoms with Gasteiger partial charge in [0, 0.05) is 18.7 Å². The lowest BCUT2D eigenvalue weighted by Gasteiger charge is -2.15. The van der Waals surface area contributed by atoms with Crippen molar-refractivity contribution in [1.82, 2.24) is 5.53 Å². The molecule has 2 rings (SSSR count). The normalized spacial score (nSPS) is 13.5. The van der Waals surface area contributed by atoms with Crippen LogP contribution in [0.5, 0.6) is 0 Å². The minimum Gasteiger partial charge on any atom is -0.302 e. The Kier molecular flexibility index (Phi) is 2.42. The Balaban J connectivity index is 2.33. The van der Waals surface area contributed by atoms with Gasteiger partial charge in [0.2, 0.25) is 0 Å². The minimum atomic E-state index is -0.386. The lowest BCUT2D eigenvalue weighted by Crippen LogP contribution is -2.36. The number of non-ortho nitro benzene ring substituents is 1. The van der Waals surface area contributed by atoms with Gasteiger partial charge in [0.15, 0.2) is 0 Å². The Morgan fingerprint density at radius 2 is 2.33 bits per heavy atom. The highest BCUT2D eigenvalue weighted by atomic mass is 16.6. The number of hydrogen-bond donors (Lipinski definition) is 2. The van der Waals surface area contributed by atoms with Crippen LogP contribution in [-0.4, -0.2) is 11.5 Å². The Morgan fingerprint density at radius 1 is 1.53 bits per heavy atom. The molecule has 0 aliphatic carbocycles. The molecular weight excluding hydrogens is 196 g/mol. The first-order valence-corrected chi connectivity index (χ1v) is 4.80. The van der Waals surface area contributed by atoms with Crippen LogP contribution < -0.4 is 16.0 Å². The van der Waals surface area contributed by atoms with Crippen LogP contribution in [-0.2, 0) is 0 Å². The van der Waals surface area contributed by atoms with E-state index in [2.05, 4.69) is 17.9 Å². The molecule has 0 aromatic heterocycles. The van der Waals surface area contributed by atoms with Gasteiger partial charge in [-0.2, -0.15) is 0 Å². The highest BCUT2D eigenvalue weighted by Gasteiger charge is 2.20. The zero-order valence-electron chi connectivity index (χ0n) is 8.36. The summed E-state index contributed by atoms with van der Waals surface area (Å²) in [6.45, 7) is 2.86. The lowest BCUT2D eigenvalue weighted by molar-refractivity contribution is -0.384. The van der Waals surface area contributed by atoms with Crippen LogP contribution in [0.25, 0.3) is 0 Å². The molecule has 0 spiro atoms. The second-order valence-electron chi connectivity index (χ2n) is 3.35. The fraction of sp³-hybridized carbons (Fsp3) is 0.333. The van der Waals surface area contributed by atoms with Gasteiger partial charge in [0.25, 0.3) is 5.69 Å². The molecule has 6 heteroatoms. The van der Waals surface area contributed by atoms with Crippen LogP contribution in [0.1, 0.15) is 13.3 Å². The number of nitro benzene ring substituents is 1. The van der Waals surface area contributed by atoms with E-state index in [0.29, 0.717) is 0 Å². The van der Waals surface area contributed by atoms with Gasteiger partial charge in [-0.3, -0.25) is 15.1 Å². The molecule has 80 valence electrons. The maximum atomic E-state index is 10.6. The lowest BCUT2D eigenvalue weighted by atomic mass is 10.2. The summed E-state index contributed by atoms with van der Waals surface area (Å²) in [6, 6.07) is 4.76. The third kappa shape index (κ3) is 1.71. The number of benzene rings is 1. The topological polar surface area (TPSA) is 70.4 Å². The monoisotopic (exact) mass is 208 g/mol. The first-order valence-electron chi connectivity index (χ1n) is 4.80. The highest BCUT2D eigenvalue weighted by Crippen LogP contribution is 2.32. The number of hydrazine groups is 2. The number of nitrogens with one attached hydrogen (secondary N) is 2. The standard InChI is InChI=1S/C9H12N4O2/c1-2-5-12-9-6-7(13(14)15)3-4-8(9)10-11-12/h3-4,6,10-11H,2,5H2,1H3. The average Bonchev–Trinajstić information content (AvgIpc) is 2.61. The van der Waals surface area contributed by atoms with Gasteiger partial charge < -0.3 is 5.43 Å². The summed E-state index contributed by atoms with van der Waals surface area (Å²) >= 11 is 0. The maximum Gasteiger partial charge on any atom is 0.271 e. The van der Waals surface area contributed by atoms with Gasteiger partial charge in [-0.25, -0.2) is 0 Å². The van der Waals surface area contributed by atoms with Crippen molar-refractivity contribution in [2.75, 3.05) is 17.0 Å². The molecule has 0 radical (unpaired) electrons. The quantitative estimate of drug-likeness (QED) is 0.584. The first-order chi connectivity index (χ1) is 7.22. The summed E-state index contributed by atoms with van der Waals surface area (Å²) in [4.78, 5) is 10.2. The Morgan fingerprint density at radius 3 is 3.00 bits per heavy atom. The minimum absolute atomic E-state index is 0.111. The van der Waals surface area contributed by atoms with Crippen molar-refractivity contribution in [2.24, 2.45) is 0 Å². The van der Waals surface area contributed by atoms with Crippen molar-refractivity contribution in [3.05, 3.63) is 28.3 Å². The number of nitro groups is 1. The largest absolute Gasteiger partial charge is 0.302 e. The van der Waals surface area contributed by atoms with Crippen molar-refractivity contribution in [3.63, 3.8) is 0 Å². The molecule has 2 N–H and O–H groups in total. The van der Waals surface area contributed by atoms with Crippen LogP contribution >= 0.6 is 0 Å². The fourth-order valence-electron chi connectivity index (χ4n) is 1.55. The van der Waals surface area contributed by atoms with Gasteiger partial charge in [0.1, 0.15) is 0 Å². The number of nitrogens with zero attached hydrogens (tertiary/aromatic N) is 2. The van der Waals surface area contributed by atoms with Gasteiger partial charge in [0.05, 0.1) is 16.3 Å². The van der Waals surface area contributed by atoms with Gasteiger partial charge in [-0.05, 0) is 12.5 Å². The molecule has 0 fully saturated rings. The van der Waals surface area contributed by atoms with Gasteiger partial charge in [-0.15, -0.1) is 5.53 Å². The van der Waals surface area contributed by atoms with Crippen molar-refractivity contribution in [3.8, 4) is 0 Å². The molecule has 0 bridgehead atoms. The molecule has 0 atom stereocenters. The van der Waals surface area contributed by atoms with E-state index in [9.17, 15) is 10.1 Å². The smallest absolute Gasteiger partial charge is 0.271 e. The molecule has 1 aliphatic rings. The molecule has 0 amide bonds. The van der Waals surface area contributed by atoms with Crippen LogP contribution in [0.15, 0.2) is 18.2 Å². The summed E-state index contributed by atoms with van der Waals surface area (Å²) in [7, 11) is 0. The van der Waals surface area contributed by atoms with Gasteiger partial charge in [-0.1, -0.05) is 6.92 Å². The number of hydrogen-bond acceptors (Lipinski definition) is 5. The number of rotatable bonds is 3. The molecule has 1 heterocycles. The third-order valence-electron chi connectivity index (χ3n) is 2.26. The Bertz CT molecular complexity index is 392. The van der Waals surface area contributed by atoms with E-state index in [1.165, 1.54) is 6.07 Å². The van der Waals surface area contributed by atoms with Crippen LogP contribution in [0.2, 0.25) is 0 Å². The number of anilines is 2. The van der Waals surface area contributed by atoms with Crippen LogP contribution in [0.4, 0.5) is 17.1 Å². The van der Waals surface area contributed by atoms with Crippen molar-refractivity contribution >= 4 is 17.1 Å². The summed E-state index contributed by atoms with van der Waals surface area (Å²) in [5, 5.41) is 12.5. The predicted molar refractivity (Wildman–Crippen MR) is 57.5 cm³/mol. The SMILES string of the molecule is CCCN1NNc2ccc([N+](=O)[O-])cc21. The van der Waals surface area contributed by atoms with E-state index in [1.807, 2.05) is 5.01 Å². The molecule has 0 unspecified atom stereocenters. The van der Waals surface area contributed by atoms with E-state index >= 15 is 0 Å². The second kappa shape index (κ2) is 3.74. The molecule has 0 saturated heterocycles. The van der Waals surface area contributed by atoms with Crippen molar-refractivity contribution in [2.45, 2.75) is 13.3 Å². The van der Waals surface area contributed by atoms with Gasteiger partial charge >= 0.3 is 0 Å². The first kappa shape index (κ1) is 9.72. The van der Waals surface area contributed by atoms with E-state index in [4.69, 9.17) is 0 Å². The van der Waals surface area contributed by atoms with Crippen LogP contribution in [0.3, 0.4) is 0 Å². The summed E-state index contributed by atoms with van der Waals surface area (Å²) in [5.74, 6) is 0. The summed E-state index contributed by atoms with van der Waals surface area (Å²) in [5.41, 5.74) is 7.71. The van der Waals surface area contributed by atoms with E-state index in [0.717, 1.165) is 24.3 Å². The Labute approximate surface area is 87.0 Å². The molecule has 6 nitrogen and oxygen atoms in total. The summed E-state index contributed by atoms with van der Waals surface area (Å²) in [6.07, 6.45) is 0.969. The number of fused-ring (bicyclic) bond motifs is 1. The van der Waals surface area contributed by atoms with Crippen molar-refractivity contribution < 1.29 is 4.92 Å². The highest BCUT2D eigenvalue weighted by molar-refractivity contribution is 5.75. The maximum absolute atomic E-state index is 10.6. The van der Waals surface area contributed by atoms with Crippen molar-refractivity contribution in [1.29, 1.82) is 0 Å². The average molecular weight is 208 g/mol.